The van der Waals surface area contributed by atoms with Crippen molar-refractivity contribution in [2.24, 2.45) is 0 Å². The van der Waals surface area contributed by atoms with Crippen LogP contribution >= 0.6 is 0 Å². The summed E-state index contributed by atoms with van der Waals surface area (Å²) in [5, 5.41) is 5.51. The van der Waals surface area contributed by atoms with Gasteiger partial charge in [-0.1, -0.05) is 26.2 Å². The van der Waals surface area contributed by atoms with Gasteiger partial charge in [0.05, 0.1) is 6.26 Å². The molecule has 0 saturated heterocycles. The van der Waals surface area contributed by atoms with Crippen LogP contribution < -0.4 is 10.6 Å². The maximum atomic E-state index is 11.9. The van der Waals surface area contributed by atoms with Crippen LogP contribution in [0.3, 0.4) is 0 Å². The minimum absolute atomic E-state index is 0.122. The van der Waals surface area contributed by atoms with Gasteiger partial charge in [-0.3, -0.25) is 9.59 Å². The molecule has 1 heterocycles. The van der Waals surface area contributed by atoms with E-state index in [9.17, 15) is 9.59 Å². The van der Waals surface area contributed by atoms with Crippen LogP contribution in [0, 0.1) is 0 Å². The predicted molar refractivity (Wildman–Crippen MR) is 77.4 cm³/mol. The van der Waals surface area contributed by atoms with Crippen molar-refractivity contribution < 1.29 is 14.0 Å². The van der Waals surface area contributed by atoms with E-state index in [4.69, 9.17) is 4.42 Å². The Bertz CT molecular complexity index is 415. The average molecular weight is 280 g/mol. The van der Waals surface area contributed by atoms with Gasteiger partial charge in [-0.2, -0.15) is 0 Å². The molecule has 0 aliphatic heterocycles. The van der Waals surface area contributed by atoms with E-state index in [2.05, 4.69) is 17.6 Å². The summed E-state index contributed by atoms with van der Waals surface area (Å²) < 4.78 is 4.98. The molecule has 1 rings (SSSR count). The fourth-order valence-corrected chi connectivity index (χ4v) is 1.88. The standard InChI is InChI=1S/C15H24N2O3/c1-4-5-6-8-11(2)16-14(18)12(3)17-15(19)13-9-7-10-20-13/h7,9-12H,4-6,8H2,1-3H3,(H,16,18)(H,17,19). The number of unbranched alkanes of at least 4 members (excludes halogenated alkanes) is 2. The largest absolute Gasteiger partial charge is 0.459 e. The van der Waals surface area contributed by atoms with Crippen LogP contribution in [0.25, 0.3) is 0 Å². The third-order valence-corrected chi connectivity index (χ3v) is 3.12. The molecule has 2 atom stereocenters. The molecular weight excluding hydrogens is 256 g/mol. The number of carbonyl (C=O) groups excluding carboxylic acids is 2. The Balaban J connectivity index is 2.33. The van der Waals surface area contributed by atoms with Crippen molar-refractivity contribution in [1.82, 2.24) is 10.6 Å². The van der Waals surface area contributed by atoms with E-state index in [1.807, 2.05) is 6.92 Å². The molecule has 0 fully saturated rings. The number of amides is 2. The Morgan fingerprint density at radius 1 is 1.25 bits per heavy atom. The second-order valence-electron chi connectivity index (χ2n) is 5.08. The Morgan fingerprint density at radius 3 is 2.60 bits per heavy atom. The van der Waals surface area contributed by atoms with Gasteiger partial charge in [-0.25, -0.2) is 0 Å². The van der Waals surface area contributed by atoms with Gasteiger partial charge in [0.1, 0.15) is 6.04 Å². The van der Waals surface area contributed by atoms with Crippen LogP contribution in [0.5, 0.6) is 0 Å². The summed E-state index contributed by atoms with van der Waals surface area (Å²) in [6.45, 7) is 5.79. The molecule has 0 bridgehead atoms. The number of furan rings is 1. The van der Waals surface area contributed by atoms with E-state index in [1.165, 1.54) is 12.7 Å². The normalized spacial score (nSPS) is 13.6. The molecule has 0 radical (unpaired) electrons. The summed E-state index contributed by atoms with van der Waals surface area (Å²) in [5.74, 6) is -0.342. The predicted octanol–water partition coefficient (Wildman–Crippen LogP) is 2.48. The average Bonchev–Trinajstić information content (AvgIpc) is 2.92. The minimum atomic E-state index is -0.582. The monoisotopic (exact) mass is 280 g/mol. The van der Waals surface area contributed by atoms with Crippen molar-refractivity contribution in [2.45, 2.75) is 58.5 Å². The highest BCUT2D eigenvalue weighted by Gasteiger charge is 2.19. The van der Waals surface area contributed by atoms with Crippen molar-refractivity contribution in [3.63, 3.8) is 0 Å². The zero-order chi connectivity index (χ0) is 15.0. The van der Waals surface area contributed by atoms with Gasteiger partial charge in [-0.15, -0.1) is 0 Å². The lowest BCUT2D eigenvalue weighted by Gasteiger charge is -2.18. The van der Waals surface area contributed by atoms with Crippen molar-refractivity contribution in [3.8, 4) is 0 Å². The number of hydrogen-bond donors (Lipinski definition) is 2. The van der Waals surface area contributed by atoms with E-state index in [-0.39, 0.29) is 23.6 Å². The summed E-state index contributed by atoms with van der Waals surface area (Å²) >= 11 is 0. The summed E-state index contributed by atoms with van der Waals surface area (Å²) in [6, 6.07) is 2.74. The van der Waals surface area contributed by atoms with Crippen LogP contribution in [0.1, 0.15) is 57.0 Å². The minimum Gasteiger partial charge on any atom is -0.459 e. The molecule has 0 aromatic carbocycles. The molecule has 2 amide bonds. The van der Waals surface area contributed by atoms with E-state index in [0.717, 1.165) is 19.3 Å². The van der Waals surface area contributed by atoms with Gasteiger partial charge >= 0.3 is 0 Å². The SMILES string of the molecule is CCCCCC(C)NC(=O)C(C)NC(=O)c1ccco1. The van der Waals surface area contributed by atoms with Crippen LogP contribution in [-0.4, -0.2) is 23.9 Å². The van der Waals surface area contributed by atoms with Gasteiger partial charge in [-0.05, 0) is 32.4 Å². The zero-order valence-electron chi connectivity index (χ0n) is 12.4. The number of nitrogens with one attached hydrogen (secondary N) is 2. The summed E-state index contributed by atoms with van der Waals surface area (Å²) in [6.07, 6.45) is 5.82. The first-order chi connectivity index (χ1) is 9.54. The van der Waals surface area contributed by atoms with Gasteiger partial charge in [0.2, 0.25) is 5.91 Å². The fourth-order valence-electron chi connectivity index (χ4n) is 1.88. The Kier molecular flexibility index (Phi) is 6.84. The Hall–Kier alpha value is -1.78. The van der Waals surface area contributed by atoms with E-state index < -0.39 is 6.04 Å². The van der Waals surface area contributed by atoms with Gasteiger partial charge in [0.15, 0.2) is 5.76 Å². The molecule has 5 nitrogen and oxygen atoms in total. The highest BCUT2D eigenvalue weighted by Crippen LogP contribution is 2.04. The zero-order valence-corrected chi connectivity index (χ0v) is 12.4. The Morgan fingerprint density at radius 2 is 2.00 bits per heavy atom. The molecule has 0 spiro atoms. The van der Waals surface area contributed by atoms with Gasteiger partial charge in [0.25, 0.3) is 5.91 Å². The molecule has 0 aliphatic carbocycles. The summed E-state index contributed by atoms with van der Waals surface area (Å²) in [4.78, 5) is 23.7. The van der Waals surface area contributed by atoms with Gasteiger partial charge < -0.3 is 15.1 Å². The fraction of sp³-hybridized carbons (Fsp3) is 0.600. The third kappa shape index (κ3) is 5.47. The quantitative estimate of drug-likeness (QED) is 0.719. The highest BCUT2D eigenvalue weighted by molar-refractivity contribution is 5.95. The molecule has 0 aliphatic rings. The molecule has 112 valence electrons. The van der Waals surface area contributed by atoms with Crippen molar-refractivity contribution in [3.05, 3.63) is 24.2 Å². The lowest BCUT2D eigenvalue weighted by atomic mass is 10.1. The topological polar surface area (TPSA) is 71.3 Å². The highest BCUT2D eigenvalue weighted by atomic mass is 16.3. The van der Waals surface area contributed by atoms with Crippen LogP contribution in [0.4, 0.5) is 0 Å². The molecule has 2 unspecified atom stereocenters. The summed E-state index contributed by atoms with van der Waals surface area (Å²) in [7, 11) is 0. The molecule has 1 aromatic rings. The smallest absolute Gasteiger partial charge is 0.287 e. The molecule has 5 heteroatoms. The maximum absolute atomic E-state index is 11.9. The summed E-state index contributed by atoms with van der Waals surface area (Å²) in [5.41, 5.74) is 0. The number of carbonyl (C=O) groups is 2. The maximum Gasteiger partial charge on any atom is 0.287 e. The Labute approximate surface area is 120 Å². The van der Waals surface area contributed by atoms with Gasteiger partial charge in [0, 0.05) is 6.04 Å². The molecule has 1 aromatic heterocycles. The number of rotatable bonds is 8. The lowest BCUT2D eigenvalue weighted by Crippen LogP contribution is -2.47. The second-order valence-corrected chi connectivity index (χ2v) is 5.08. The third-order valence-electron chi connectivity index (χ3n) is 3.12. The molecule has 20 heavy (non-hydrogen) atoms. The van der Waals surface area contributed by atoms with E-state index >= 15 is 0 Å². The van der Waals surface area contributed by atoms with Crippen molar-refractivity contribution in [2.75, 3.05) is 0 Å². The first-order valence-corrected chi connectivity index (χ1v) is 7.19. The van der Waals surface area contributed by atoms with E-state index in [1.54, 1.807) is 19.1 Å². The first-order valence-electron chi connectivity index (χ1n) is 7.19. The van der Waals surface area contributed by atoms with Crippen molar-refractivity contribution in [1.29, 1.82) is 0 Å². The molecule has 0 saturated carbocycles. The van der Waals surface area contributed by atoms with Crippen LogP contribution in [0.2, 0.25) is 0 Å². The molecule has 2 N–H and O–H groups in total. The van der Waals surface area contributed by atoms with E-state index in [0.29, 0.717) is 0 Å². The molecular formula is C15H24N2O3. The lowest BCUT2D eigenvalue weighted by molar-refractivity contribution is -0.123. The first kappa shape index (κ1) is 16.3. The second kappa shape index (κ2) is 8.40. The van der Waals surface area contributed by atoms with Crippen LogP contribution in [0.15, 0.2) is 22.8 Å². The number of hydrogen-bond acceptors (Lipinski definition) is 3. The van der Waals surface area contributed by atoms with Crippen LogP contribution in [-0.2, 0) is 4.79 Å². The van der Waals surface area contributed by atoms with Crippen molar-refractivity contribution >= 4 is 11.8 Å².